The van der Waals surface area contributed by atoms with Gasteiger partial charge in [-0.2, -0.15) is 0 Å². The zero-order valence-corrected chi connectivity index (χ0v) is 21.1. The van der Waals surface area contributed by atoms with E-state index in [1.54, 1.807) is 30.5 Å². The topological polar surface area (TPSA) is 70.0 Å². The Bertz CT molecular complexity index is 1350. The number of likely N-dealkylation sites (tertiary alicyclic amines) is 1. The average Bonchev–Trinajstić information content (AvgIpc) is 3.46. The molecular weight excluding hydrogens is 458 g/mol. The van der Waals surface area contributed by atoms with Gasteiger partial charge in [0.15, 0.2) is 4.96 Å². The lowest BCUT2D eigenvalue weighted by atomic mass is 10.1. The van der Waals surface area contributed by atoms with E-state index in [1.807, 2.05) is 48.5 Å². The summed E-state index contributed by atoms with van der Waals surface area (Å²) in [6.07, 6.45) is 6.95. The Morgan fingerprint density at radius 1 is 1.06 bits per heavy atom. The minimum Gasteiger partial charge on any atom is -0.355 e. The maximum Gasteiger partial charge on any atom is 0.253 e. The molecule has 2 aromatic carbocycles. The van der Waals surface area contributed by atoms with Crippen LogP contribution in [0, 0.1) is 0 Å². The number of imidazole rings is 1. The Hall–Kier alpha value is -3.23. The maximum absolute atomic E-state index is 13.0. The first-order chi connectivity index (χ1) is 17.0. The van der Waals surface area contributed by atoms with Crippen molar-refractivity contribution in [1.29, 1.82) is 0 Å². The minimum atomic E-state index is -0.105. The number of thiazole rings is 1. The lowest BCUT2D eigenvalue weighted by molar-refractivity contribution is 0.0787. The molecule has 0 bridgehead atoms. The number of amides is 2. The van der Waals surface area contributed by atoms with Gasteiger partial charge < -0.3 is 15.1 Å². The molecule has 2 aromatic heterocycles. The molecule has 1 saturated heterocycles. The largest absolute Gasteiger partial charge is 0.355 e. The van der Waals surface area contributed by atoms with Crippen molar-refractivity contribution in [1.82, 2.24) is 24.5 Å². The van der Waals surface area contributed by atoms with Gasteiger partial charge in [-0.3, -0.25) is 14.0 Å². The molecule has 0 unspecified atom stereocenters. The van der Waals surface area contributed by atoms with E-state index in [4.69, 9.17) is 4.98 Å². The number of nitrogens with one attached hydrogen (secondary N) is 1. The van der Waals surface area contributed by atoms with E-state index in [2.05, 4.69) is 14.6 Å². The molecule has 8 heteroatoms. The van der Waals surface area contributed by atoms with Crippen LogP contribution < -0.4 is 5.32 Å². The summed E-state index contributed by atoms with van der Waals surface area (Å²) in [4.78, 5) is 34.8. The third kappa shape index (κ3) is 4.94. The molecule has 0 saturated carbocycles. The number of piperidine rings is 1. The second-order valence-corrected chi connectivity index (χ2v) is 10.2. The lowest BCUT2D eigenvalue weighted by Gasteiger charge is -2.27. The number of rotatable bonds is 7. The number of hydrogen-bond donors (Lipinski definition) is 1. The molecular formula is C27H31N5O2S. The third-order valence-corrected chi connectivity index (χ3v) is 7.79. The first-order valence-electron chi connectivity index (χ1n) is 12.3. The Morgan fingerprint density at radius 2 is 1.80 bits per heavy atom. The zero-order valence-electron chi connectivity index (χ0n) is 20.3. The highest BCUT2D eigenvalue weighted by Gasteiger charge is 2.16. The first kappa shape index (κ1) is 23.5. The molecule has 1 aliphatic rings. The molecule has 1 aliphatic heterocycles. The van der Waals surface area contributed by atoms with Crippen LogP contribution in [0.3, 0.4) is 0 Å². The SMILES string of the molecule is CNC(=O)c1ccc(-c2cn3c(n2)sc2cc(C(=O)N(C)CCCN4CCCCC4)ccc23)cc1. The molecule has 182 valence electrons. The van der Waals surface area contributed by atoms with E-state index in [-0.39, 0.29) is 11.8 Å². The summed E-state index contributed by atoms with van der Waals surface area (Å²) in [6.45, 7) is 4.22. The first-order valence-corrected chi connectivity index (χ1v) is 13.1. The molecule has 0 spiro atoms. The Kier molecular flexibility index (Phi) is 6.83. The molecule has 1 N–H and O–H groups in total. The molecule has 0 radical (unpaired) electrons. The van der Waals surface area contributed by atoms with Crippen molar-refractivity contribution < 1.29 is 9.59 Å². The van der Waals surface area contributed by atoms with Crippen molar-refractivity contribution in [2.75, 3.05) is 40.3 Å². The van der Waals surface area contributed by atoms with Crippen LogP contribution in [0.4, 0.5) is 0 Å². The second-order valence-electron chi connectivity index (χ2n) is 9.20. The quantitative estimate of drug-likeness (QED) is 0.414. The van der Waals surface area contributed by atoms with Gasteiger partial charge in [-0.15, -0.1) is 0 Å². The van der Waals surface area contributed by atoms with Gasteiger partial charge in [0.2, 0.25) is 0 Å². The fourth-order valence-electron chi connectivity index (χ4n) is 4.75. The Balaban J connectivity index is 1.28. The van der Waals surface area contributed by atoms with Gasteiger partial charge in [0.1, 0.15) is 0 Å². The van der Waals surface area contributed by atoms with Crippen molar-refractivity contribution in [3.8, 4) is 11.3 Å². The summed E-state index contributed by atoms with van der Waals surface area (Å²) >= 11 is 1.58. The number of carbonyl (C=O) groups excluding carboxylic acids is 2. The molecule has 5 rings (SSSR count). The third-order valence-electron chi connectivity index (χ3n) is 6.77. The lowest BCUT2D eigenvalue weighted by Crippen LogP contribution is -2.34. The van der Waals surface area contributed by atoms with Crippen LogP contribution in [-0.2, 0) is 0 Å². The normalized spacial score (nSPS) is 14.5. The fraction of sp³-hybridized carbons (Fsp3) is 0.370. The summed E-state index contributed by atoms with van der Waals surface area (Å²) in [5, 5.41) is 2.63. The zero-order chi connectivity index (χ0) is 24.4. The summed E-state index contributed by atoms with van der Waals surface area (Å²) in [5.74, 6) is -0.0418. The van der Waals surface area contributed by atoms with Gasteiger partial charge in [-0.1, -0.05) is 29.9 Å². The van der Waals surface area contributed by atoms with Crippen molar-refractivity contribution in [2.24, 2.45) is 0 Å². The van der Waals surface area contributed by atoms with Crippen LogP contribution in [-0.4, -0.2) is 71.3 Å². The molecule has 3 heterocycles. The predicted octanol–water partition coefficient (Wildman–Crippen LogP) is 4.52. The summed E-state index contributed by atoms with van der Waals surface area (Å²) in [6, 6.07) is 13.3. The van der Waals surface area contributed by atoms with Crippen LogP contribution in [0.1, 0.15) is 46.4 Å². The van der Waals surface area contributed by atoms with Crippen LogP contribution >= 0.6 is 11.3 Å². The summed E-state index contributed by atoms with van der Waals surface area (Å²) in [5.41, 5.74) is 4.19. The smallest absolute Gasteiger partial charge is 0.253 e. The molecule has 0 atom stereocenters. The van der Waals surface area contributed by atoms with Gasteiger partial charge in [0, 0.05) is 43.5 Å². The Morgan fingerprint density at radius 3 is 2.54 bits per heavy atom. The maximum atomic E-state index is 13.0. The molecule has 2 amide bonds. The van der Waals surface area contributed by atoms with E-state index in [0.717, 1.165) is 45.9 Å². The van der Waals surface area contributed by atoms with Gasteiger partial charge in [-0.25, -0.2) is 4.98 Å². The minimum absolute atomic E-state index is 0.0634. The number of hydrogen-bond acceptors (Lipinski definition) is 5. The van der Waals surface area contributed by atoms with E-state index in [9.17, 15) is 9.59 Å². The van der Waals surface area contributed by atoms with Crippen LogP contribution in [0.2, 0.25) is 0 Å². The number of carbonyl (C=O) groups is 2. The second kappa shape index (κ2) is 10.2. The molecule has 1 fully saturated rings. The fourth-order valence-corrected chi connectivity index (χ4v) is 5.79. The molecule has 7 nitrogen and oxygen atoms in total. The predicted molar refractivity (Wildman–Crippen MR) is 141 cm³/mol. The number of nitrogens with zero attached hydrogens (tertiary/aromatic N) is 4. The summed E-state index contributed by atoms with van der Waals surface area (Å²) in [7, 11) is 3.52. The average molecular weight is 490 g/mol. The molecule has 4 aromatic rings. The van der Waals surface area contributed by atoms with Gasteiger partial charge in [0.25, 0.3) is 11.8 Å². The van der Waals surface area contributed by atoms with Crippen molar-refractivity contribution >= 4 is 38.3 Å². The van der Waals surface area contributed by atoms with Crippen molar-refractivity contribution in [2.45, 2.75) is 25.7 Å². The Labute approximate surface area is 209 Å². The van der Waals surface area contributed by atoms with Gasteiger partial charge in [-0.05, 0) is 69.2 Å². The van der Waals surface area contributed by atoms with Crippen LogP contribution in [0.25, 0.3) is 26.4 Å². The van der Waals surface area contributed by atoms with E-state index in [1.165, 1.54) is 32.4 Å². The monoisotopic (exact) mass is 489 g/mol. The molecule has 35 heavy (non-hydrogen) atoms. The van der Waals surface area contributed by atoms with Crippen molar-refractivity contribution in [3.63, 3.8) is 0 Å². The molecule has 0 aliphatic carbocycles. The highest BCUT2D eigenvalue weighted by Crippen LogP contribution is 2.30. The van der Waals surface area contributed by atoms with Gasteiger partial charge in [0.05, 0.1) is 15.9 Å². The van der Waals surface area contributed by atoms with Crippen molar-refractivity contribution in [3.05, 3.63) is 59.8 Å². The number of benzene rings is 2. The van der Waals surface area contributed by atoms with Crippen LogP contribution in [0.5, 0.6) is 0 Å². The highest BCUT2D eigenvalue weighted by atomic mass is 32.1. The van der Waals surface area contributed by atoms with E-state index >= 15 is 0 Å². The highest BCUT2D eigenvalue weighted by molar-refractivity contribution is 7.23. The van der Waals surface area contributed by atoms with Gasteiger partial charge >= 0.3 is 0 Å². The number of aromatic nitrogens is 2. The summed E-state index contributed by atoms with van der Waals surface area (Å²) < 4.78 is 3.11. The van der Waals surface area contributed by atoms with Crippen LogP contribution in [0.15, 0.2) is 48.7 Å². The number of fused-ring (bicyclic) bond motifs is 3. The van der Waals surface area contributed by atoms with E-state index in [0.29, 0.717) is 11.1 Å². The van der Waals surface area contributed by atoms with E-state index < -0.39 is 0 Å². The standard InChI is InChI=1S/C27H31N5O2S/c1-28-25(33)20-9-7-19(8-10-20)22-18-32-23-12-11-21(17-24(23)35-27(32)29-22)26(34)30(2)13-6-16-31-14-4-3-5-15-31/h7-12,17-18H,3-6,13-16H2,1-2H3,(H,28,33).